The fourth-order valence-corrected chi connectivity index (χ4v) is 2.48. The molecule has 106 valence electrons. The van der Waals surface area contributed by atoms with Crippen molar-refractivity contribution in [2.45, 2.75) is 38.0 Å². The van der Waals surface area contributed by atoms with Gasteiger partial charge >= 0.3 is 6.18 Å². The lowest BCUT2D eigenvalue weighted by Crippen LogP contribution is -2.46. The van der Waals surface area contributed by atoms with Crippen molar-refractivity contribution in [1.82, 2.24) is 0 Å². The molecule has 0 bridgehead atoms. The topological polar surface area (TPSA) is 29.3 Å². The summed E-state index contributed by atoms with van der Waals surface area (Å²) in [5.41, 5.74) is 4.98. The van der Waals surface area contributed by atoms with Gasteiger partial charge in [0.2, 0.25) is 0 Å². The SMILES string of the molecule is CC1CC(N)CCN1c1cc(C(F)(F)F)ccc1F. The van der Waals surface area contributed by atoms with Crippen LogP contribution in [0.4, 0.5) is 23.2 Å². The van der Waals surface area contributed by atoms with E-state index in [1.165, 1.54) is 0 Å². The van der Waals surface area contributed by atoms with Gasteiger partial charge in [0.05, 0.1) is 11.3 Å². The van der Waals surface area contributed by atoms with Crippen molar-refractivity contribution in [3.05, 3.63) is 29.6 Å². The van der Waals surface area contributed by atoms with E-state index in [-0.39, 0.29) is 17.8 Å². The zero-order valence-corrected chi connectivity index (χ0v) is 10.5. The summed E-state index contributed by atoms with van der Waals surface area (Å²) in [6, 6.07) is 2.48. The van der Waals surface area contributed by atoms with E-state index in [1.807, 2.05) is 6.92 Å². The van der Waals surface area contributed by atoms with E-state index in [4.69, 9.17) is 5.73 Å². The molecule has 0 amide bonds. The number of benzene rings is 1. The van der Waals surface area contributed by atoms with Crippen molar-refractivity contribution < 1.29 is 17.6 Å². The van der Waals surface area contributed by atoms with Crippen molar-refractivity contribution in [3.63, 3.8) is 0 Å². The average Bonchev–Trinajstić information content (AvgIpc) is 2.29. The Morgan fingerprint density at radius 1 is 1.32 bits per heavy atom. The van der Waals surface area contributed by atoms with E-state index in [0.29, 0.717) is 19.4 Å². The molecule has 1 fully saturated rings. The van der Waals surface area contributed by atoms with Gasteiger partial charge in [0.1, 0.15) is 5.82 Å². The molecule has 1 aromatic rings. The quantitative estimate of drug-likeness (QED) is 0.798. The molecule has 0 radical (unpaired) electrons. The highest BCUT2D eigenvalue weighted by molar-refractivity contribution is 5.52. The van der Waals surface area contributed by atoms with Crippen LogP contribution in [0.3, 0.4) is 0 Å². The zero-order valence-electron chi connectivity index (χ0n) is 10.5. The van der Waals surface area contributed by atoms with Gasteiger partial charge in [-0.05, 0) is 38.0 Å². The standard InChI is InChI=1S/C13H16F4N2/c1-8-6-10(18)4-5-19(8)12-7-9(13(15,16)17)2-3-11(12)14/h2-3,7-8,10H,4-6,18H2,1H3. The minimum absolute atomic E-state index is 0.00854. The van der Waals surface area contributed by atoms with Crippen LogP contribution in [-0.4, -0.2) is 18.6 Å². The normalized spacial score (nSPS) is 24.6. The first-order valence-corrected chi connectivity index (χ1v) is 6.18. The lowest BCUT2D eigenvalue weighted by atomic mass is 9.98. The number of hydrogen-bond acceptors (Lipinski definition) is 2. The third kappa shape index (κ3) is 3.00. The maximum atomic E-state index is 13.8. The molecule has 1 aliphatic heterocycles. The van der Waals surface area contributed by atoms with Gasteiger partial charge < -0.3 is 10.6 Å². The highest BCUT2D eigenvalue weighted by atomic mass is 19.4. The monoisotopic (exact) mass is 276 g/mol. The summed E-state index contributed by atoms with van der Waals surface area (Å²) in [6.45, 7) is 2.32. The molecule has 2 unspecified atom stereocenters. The molecule has 0 spiro atoms. The van der Waals surface area contributed by atoms with Crippen LogP contribution >= 0.6 is 0 Å². The number of nitrogens with two attached hydrogens (primary N) is 1. The fraction of sp³-hybridized carbons (Fsp3) is 0.538. The predicted octanol–water partition coefficient (Wildman–Crippen LogP) is 3.16. The summed E-state index contributed by atoms with van der Waals surface area (Å²) in [5.74, 6) is -0.629. The smallest absolute Gasteiger partial charge is 0.366 e. The Bertz CT molecular complexity index is 458. The molecule has 2 rings (SSSR count). The zero-order chi connectivity index (χ0) is 14.2. The first-order chi connectivity index (χ1) is 8.79. The lowest BCUT2D eigenvalue weighted by Gasteiger charge is -2.38. The summed E-state index contributed by atoms with van der Waals surface area (Å²) >= 11 is 0. The van der Waals surface area contributed by atoms with E-state index >= 15 is 0 Å². The second kappa shape index (κ2) is 5.00. The summed E-state index contributed by atoms with van der Waals surface area (Å²) < 4.78 is 51.8. The van der Waals surface area contributed by atoms with Crippen LogP contribution in [0.2, 0.25) is 0 Å². The minimum Gasteiger partial charge on any atom is -0.366 e. The largest absolute Gasteiger partial charge is 0.416 e. The van der Waals surface area contributed by atoms with Crippen LogP contribution in [-0.2, 0) is 6.18 Å². The van der Waals surface area contributed by atoms with Gasteiger partial charge in [-0.2, -0.15) is 13.2 Å². The third-order valence-electron chi connectivity index (χ3n) is 3.50. The van der Waals surface area contributed by atoms with Gasteiger partial charge in [0.25, 0.3) is 0 Å². The molecular formula is C13H16F4N2. The summed E-state index contributed by atoms with van der Waals surface area (Å²) in [6.07, 6.45) is -3.16. The van der Waals surface area contributed by atoms with Crippen LogP contribution in [0.15, 0.2) is 18.2 Å². The van der Waals surface area contributed by atoms with E-state index in [2.05, 4.69) is 0 Å². The average molecular weight is 276 g/mol. The molecule has 6 heteroatoms. The first-order valence-electron chi connectivity index (χ1n) is 6.18. The third-order valence-corrected chi connectivity index (χ3v) is 3.50. The highest BCUT2D eigenvalue weighted by Crippen LogP contribution is 2.34. The summed E-state index contributed by atoms with van der Waals surface area (Å²) in [7, 11) is 0. The van der Waals surface area contributed by atoms with Crippen molar-refractivity contribution in [3.8, 4) is 0 Å². The van der Waals surface area contributed by atoms with E-state index in [1.54, 1.807) is 4.90 Å². The Hall–Kier alpha value is -1.30. The van der Waals surface area contributed by atoms with Gasteiger partial charge in [-0.15, -0.1) is 0 Å². The Morgan fingerprint density at radius 2 is 2.00 bits per heavy atom. The molecule has 1 heterocycles. The molecule has 2 nitrogen and oxygen atoms in total. The van der Waals surface area contributed by atoms with Crippen molar-refractivity contribution in [1.29, 1.82) is 0 Å². The molecule has 1 aliphatic rings. The molecule has 0 aromatic heterocycles. The molecule has 0 aliphatic carbocycles. The number of piperidine rings is 1. The number of alkyl halides is 3. The van der Waals surface area contributed by atoms with Crippen LogP contribution < -0.4 is 10.6 Å². The molecule has 1 aromatic carbocycles. The Kier molecular flexibility index (Phi) is 3.71. The molecule has 19 heavy (non-hydrogen) atoms. The van der Waals surface area contributed by atoms with E-state index in [9.17, 15) is 17.6 Å². The molecular weight excluding hydrogens is 260 g/mol. The Morgan fingerprint density at radius 3 is 2.58 bits per heavy atom. The molecule has 2 N–H and O–H groups in total. The van der Waals surface area contributed by atoms with Crippen molar-refractivity contribution in [2.24, 2.45) is 5.73 Å². The Labute approximate surface area is 109 Å². The number of hydrogen-bond donors (Lipinski definition) is 1. The summed E-state index contributed by atoms with van der Waals surface area (Å²) in [5, 5.41) is 0. The van der Waals surface area contributed by atoms with Gasteiger partial charge in [0.15, 0.2) is 0 Å². The van der Waals surface area contributed by atoms with Crippen molar-refractivity contribution in [2.75, 3.05) is 11.4 Å². The van der Waals surface area contributed by atoms with Crippen LogP contribution in [0.1, 0.15) is 25.3 Å². The molecule has 2 atom stereocenters. The minimum atomic E-state index is -4.46. The maximum Gasteiger partial charge on any atom is 0.416 e. The lowest BCUT2D eigenvalue weighted by molar-refractivity contribution is -0.137. The van der Waals surface area contributed by atoms with Crippen LogP contribution in [0.5, 0.6) is 0 Å². The number of halogens is 4. The van der Waals surface area contributed by atoms with E-state index < -0.39 is 17.6 Å². The van der Waals surface area contributed by atoms with Crippen LogP contribution in [0.25, 0.3) is 0 Å². The highest BCUT2D eigenvalue weighted by Gasteiger charge is 2.33. The van der Waals surface area contributed by atoms with Gasteiger partial charge in [-0.25, -0.2) is 4.39 Å². The fourth-order valence-electron chi connectivity index (χ4n) is 2.48. The number of rotatable bonds is 1. The second-order valence-electron chi connectivity index (χ2n) is 4.99. The predicted molar refractivity (Wildman–Crippen MR) is 65.4 cm³/mol. The second-order valence-corrected chi connectivity index (χ2v) is 4.99. The van der Waals surface area contributed by atoms with E-state index in [0.717, 1.165) is 18.2 Å². The van der Waals surface area contributed by atoms with Gasteiger partial charge in [0, 0.05) is 18.6 Å². The Balaban J connectivity index is 2.33. The van der Waals surface area contributed by atoms with Crippen LogP contribution in [0, 0.1) is 5.82 Å². The van der Waals surface area contributed by atoms with Crippen molar-refractivity contribution >= 4 is 5.69 Å². The number of nitrogens with zero attached hydrogens (tertiary/aromatic N) is 1. The summed E-state index contributed by atoms with van der Waals surface area (Å²) in [4.78, 5) is 1.66. The maximum absolute atomic E-state index is 13.8. The van der Waals surface area contributed by atoms with Gasteiger partial charge in [-0.1, -0.05) is 0 Å². The molecule has 1 saturated heterocycles. The first kappa shape index (κ1) is 14.1. The molecule has 0 saturated carbocycles. The van der Waals surface area contributed by atoms with Gasteiger partial charge in [-0.3, -0.25) is 0 Å². The number of anilines is 1.